The summed E-state index contributed by atoms with van der Waals surface area (Å²) in [6.45, 7) is 15.5. The number of rotatable bonds is 3. The van der Waals surface area contributed by atoms with E-state index < -0.39 is 0 Å². The van der Waals surface area contributed by atoms with Crippen LogP contribution in [0.15, 0.2) is 36.4 Å². The van der Waals surface area contributed by atoms with Crippen LogP contribution in [0.25, 0.3) is 5.70 Å². The topological polar surface area (TPSA) is 33.8 Å². The van der Waals surface area contributed by atoms with Crippen molar-refractivity contribution in [1.29, 1.82) is 0 Å². The summed E-state index contributed by atoms with van der Waals surface area (Å²) in [6, 6.07) is 11.8. The summed E-state index contributed by atoms with van der Waals surface area (Å²) >= 11 is 1.94. The van der Waals surface area contributed by atoms with Crippen molar-refractivity contribution in [2.24, 2.45) is 11.8 Å². The first-order chi connectivity index (χ1) is 16.1. The average molecular weight is 466 g/mol. The molecule has 4 aliphatic heterocycles. The largest absolute Gasteiger partial charge is 0.373 e. The average Bonchev–Trinajstić information content (AvgIpc) is 3.52. The number of fused-ring (bicyclic) bond motifs is 2. The summed E-state index contributed by atoms with van der Waals surface area (Å²) in [6.07, 6.45) is 2.49. The van der Waals surface area contributed by atoms with Gasteiger partial charge in [-0.15, -0.1) is 11.3 Å². The fourth-order valence-electron chi connectivity index (χ4n) is 5.92. The molecule has 0 bridgehead atoms. The van der Waals surface area contributed by atoms with E-state index in [4.69, 9.17) is 0 Å². The van der Waals surface area contributed by atoms with Crippen LogP contribution in [0, 0.1) is 18.8 Å². The molecule has 0 radical (unpaired) electrons. The second-order valence-electron chi connectivity index (χ2n) is 9.75. The normalized spacial score (nSPS) is 26.8. The van der Waals surface area contributed by atoms with Gasteiger partial charge in [-0.05, 0) is 55.6 Å². The van der Waals surface area contributed by atoms with E-state index >= 15 is 0 Å². The summed E-state index contributed by atoms with van der Waals surface area (Å²) in [5.74, 6) is 1.64. The van der Waals surface area contributed by atoms with E-state index in [2.05, 4.69) is 75.7 Å². The van der Waals surface area contributed by atoms with E-state index in [9.17, 15) is 0 Å². The van der Waals surface area contributed by atoms with Crippen molar-refractivity contribution in [3.8, 4) is 0 Å². The SMILES string of the molecule is CC.Cc1cc2c(s1)C(N1CC3CN(C)CC3C1)=CC(c1ccc(N3CCNCC3)cc1)N2. The minimum atomic E-state index is 0.233. The Morgan fingerprint density at radius 2 is 1.58 bits per heavy atom. The molecule has 3 atom stereocenters. The van der Waals surface area contributed by atoms with Crippen molar-refractivity contribution >= 4 is 28.4 Å². The third-order valence-electron chi connectivity index (χ3n) is 7.47. The molecule has 0 amide bonds. The van der Waals surface area contributed by atoms with Gasteiger partial charge in [0.15, 0.2) is 0 Å². The quantitative estimate of drug-likeness (QED) is 0.698. The van der Waals surface area contributed by atoms with Gasteiger partial charge in [0.1, 0.15) is 0 Å². The van der Waals surface area contributed by atoms with Crippen LogP contribution < -0.4 is 15.5 Å². The van der Waals surface area contributed by atoms with Gasteiger partial charge in [0.05, 0.1) is 22.3 Å². The van der Waals surface area contributed by atoms with Gasteiger partial charge >= 0.3 is 0 Å². The summed E-state index contributed by atoms with van der Waals surface area (Å²) in [7, 11) is 2.27. The van der Waals surface area contributed by atoms with E-state index in [1.807, 2.05) is 25.2 Å². The molecule has 178 valence electrons. The minimum Gasteiger partial charge on any atom is -0.373 e. The van der Waals surface area contributed by atoms with Crippen molar-refractivity contribution < 1.29 is 0 Å². The molecular weight excluding hydrogens is 426 g/mol. The Morgan fingerprint density at radius 1 is 0.909 bits per heavy atom. The van der Waals surface area contributed by atoms with Gasteiger partial charge < -0.3 is 25.3 Å². The van der Waals surface area contributed by atoms with Crippen LogP contribution in [-0.4, -0.2) is 69.2 Å². The highest BCUT2D eigenvalue weighted by Gasteiger charge is 2.40. The monoisotopic (exact) mass is 465 g/mol. The highest BCUT2D eigenvalue weighted by atomic mass is 32.1. The molecule has 5 heterocycles. The minimum absolute atomic E-state index is 0.233. The van der Waals surface area contributed by atoms with Gasteiger partial charge in [-0.3, -0.25) is 0 Å². The Balaban J connectivity index is 0.00000111. The number of benzene rings is 1. The van der Waals surface area contributed by atoms with Crippen LogP contribution in [0.2, 0.25) is 0 Å². The Labute approximate surface area is 203 Å². The van der Waals surface area contributed by atoms with Crippen molar-refractivity contribution in [2.45, 2.75) is 26.8 Å². The maximum Gasteiger partial charge on any atom is 0.0736 e. The second kappa shape index (κ2) is 9.69. The summed E-state index contributed by atoms with van der Waals surface area (Å²) in [4.78, 5) is 10.5. The second-order valence-corrected chi connectivity index (χ2v) is 11.0. The third kappa shape index (κ3) is 4.53. The lowest BCUT2D eigenvalue weighted by molar-refractivity contribution is 0.341. The van der Waals surface area contributed by atoms with Crippen LogP contribution in [-0.2, 0) is 0 Å². The molecule has 3 fully saturated rings. The van der Waals surface area contributed by atoms with Gasteiger partial charge in [-0.2, -0.15) is 0 Å². The lowest BCUT2D eigenvalue weighted by Crippen LogP contribution is -2.43. The predicted molar refractivity (Wildman–Crippen MR) is 142 cm³/mol. The van der Waals surface area contributed by atoms with Crippen LogP contribution in [0.1, 0.15) is 35.2 Å². The lowest BCUT2D eigenvalue weighted by Gasteiger charge is -2.32. The number of aryl methyl sites for hydroxylation is 1. The standard InChI is InChI=1S/C25H33N5S.C2H6/c1-17-11-23-25(31-17)24(30-15-19-13-28(2)14-20(19)16-30)12-22(27-23)18-3-5-21(6-4-18)29-9-7-26-8-10-29;1-2/h3-6,11-12,19-20,22,26-27H,7-10,13-16H2,1-2H3;1-2H3. The molecule has 1 aromatic heterocycles. The maximum absolute atomic E-state index is 3.82. The Morgan fingerprint density at radius 3 is 2.24 bits per heavy atom. The van der Waals surface area contributed by atoms with E-state index in [1.165, 1.54) is 58.6 Å². The summed E-state index contributed by atoms with van der Waals surface area (Å²) in [5.41, 5.74) is 5.46. The molecule has 1 aromatic carbocycles. The molecule has 0 spiro atoms. The number of piperazine rings is 1. The van der Waals surface area contributed by atoms with Gasteiger partial charge in [0.25, 0.3) is 0 Å². The number of thiophene rings is 1. The fourth-order valence-corrected chi connectivity index (χ4v) is 6.95. The van der Waals surface area contributed by atoms with Gasteiger partial charge in [-0.1, -0.05) is 26.0 Å². The number of hydrogen-bond acceptors (Lipinski definition) is 6. The van der Waals surface area contributed by atoms with Crippen molar-refractivity contribution in [3.05, 3.63) is 51.7 Å². The molecule has 0 saturated carbocycles. The smallest absolute Gasteiger partial charge is 0.0736 e. The molecule has 2 N–H and O–H groups in total. The van der Waals surface area contributed by atoms with Gasteiger partial charge in [-0.25, -0.2) is 0 Å². The van der Waals surface area contributed by atoms with Crippen LogP contribution in [0.5, 0.6) is 0 Å². The molecule has 4 aliphatic rings. The zero-order valence-corrected chi connectivity index (χ0v) is 21.4. The number of nitrogens with zero attached hydrogens (tertiary/aromatic N) is 3. The first-order valence-corrected chi connectivity index (χ1v) is 13.5. The maximum atomic E-state index is 3.82. The van der Waals surface area contributed by atoms with E-state index in [0.717, 1.165) is 38.0 Å². The van der Waals surface area contributed by atoms with Crippen molar-refractivity contribution in [1.82, 2.24) is 15.1 Å². The number of anilines is 2. The van der Waals surface area contributed by atoms with Crippen LogP contribution in [0.3, 0.4) is 0 Å². The zero-order valence-electron chi connectivity index (χ0n) is 20.6. The first-order valence-electron chi connectivity index (χ1n) is 12.7. The first kappa shape index (κ1) is 22.8. The number of hydrogen-bond donors (Lipinski definition) is 2. The lowest BCUT2D eigenvalue weighted by atomic mass is 10.0. The molecular formula is C27H39N5S. The van der Waals surface area contributed by atoms with E-state index in [-0.39, 0.29) is 6.04 Å². The molecule has 6 heteroatoms. The zero-order chi connectivity index (χ0) is 22.9. The summed E-state index contributed by atoms with van der Waals surface area (Å²) in [5, 5.41) is 7.26. The predicted octanol–water partition coefficient (Wildman–Crippen LogP) is 4.49. The molecule has 6 rings (SSSR count). The third-order valence-corrected chi connectivity index (χ3v) is 8.54. The van der Waals surface area contributed by atoms with Crippen molar-refractivity contribution in [2.75, 3.05) is 69.6 Å². The fraction of sp³-hybridized carbons (Fsp3) is 0.556. The van der Waals surface area contributed by atoms with E-state index in [1.54, 1.807) is 0 Å². The Kier molecular flexibility index (Phi) is 6.68. The molecule has 33 heavy (non-hydrogen) atoms. The van der Waals surface area contributed by atoms with Crippen LogP contribution in [0.4, 0.5) is 11.4 Å². The van der Waals surface area contributed by atoms with Gasteiger partial charge in [0, 0.05) is 62.9 Å². The highest BCUT2D eigenvalue weighted by molar-refractivity contribution is 7.13. The Bertz CT molecular complexity index is 961. The highest BCUT2D eigenvalue weighted by Crippen LogP contribution is 2.45. The van der Waals surface area contributed by atoms with Crippen LogP contribution >= 0.6 is 11.3 Å². The molecule has 5 nitrogen and oxygen atoms in total. The Hall–Kier alpha value is -2.02. The number of likely N-dealkylation sites (tertiary alicyclic amines) is 2. The molecule has 3 saturated heterocycles. The molecule has 2 aromatic rings. The summed E-state index contributed by atoms with van der Waals surface area (Å²) < 4.78 is 0. The van der Waals surface area contributed by atoms with Gasteiger partial charge in [0.2, 0.25) is 0 Å². The number of nitrogens with one attached hydrogen (secondary N) is 2. The van der Waals surface area contributed by atoms with E-state index in [0.29, 0.717) is 0 Å². The van der Waals surface area contributed by atoms with Crippen molar-refractivity contribution in [3.63, 3.8) is 0 Å². The molecule has 3 unspecified atom stereocenters. The molecule has 0 aliphatic carbocycles.